The molecule has 2 aliphatic heterocycles. The molecule has 0 bridgehead atoms. The third-order valence-corrected chi connectivity index (χ3v) is 5.45. The number of Topliss-reactive ketones (excluding diaryl/α,β-unsaturated/α-hetero) is 1. The number of fused-ring (bicyclic) bond motifs is 1. The van der Waals surface area contributed by atoms with Crippen molar-refractivity contribution in [2.24, 2.45) is 5.92 Å². The minimum atomic E-state index is -0.495. The second kappa shape index (κ2) is 9.03. The summed E-state index contributed by atoms with van der Waals surface area (Å²) in [5.41, 5.74) is 0.555. The van der Waals surface area contributed by atoms with Crippen LogP contribution in [0.1, 0.15) is 23.2 Å². The van der Waals surface area contributed by atoms with Gasteiger partial charge in [-0.2, -0.15) is 0 Å². The molecule has 2 aromatic rings. The van der Waals surface area contributed by atoms with Gasteiger partial charge in [0.2, 0.25) is 0 Å². The average molecular weight is 426 g/mol. The van der Waals surface area contributed by atoms with Crippen LogP contribution in [0.4, 0.5) is 5.69 Å². The Balaban J connectivity index is 1.27. The molecule has 9 nitrogen and oxygen atoms in total. The topological polar surface area (TPSA) is 108 Å². The molecule has 1 amide bonds. The second-order valence-corrected chi connectivity index (χ2v) is 7.42. The fourth-order valence-corrected chi connectivity index (χ4v) is 3.72. The van der Waals surface area contributed by atoms with Gasteiger partial charge in [0.1, 0.15) is 19.0 Å². The maximum atomic E-state index is 12.9. The van der Waals surface area contributed by atoms with Gasteiger partial charge in [0, 0.05) is 36.7 Å². The van der Waals surface area contributed by atoms with E-state index >= 15 is 0 Å². The van der Waals surface area contributed by atoms with Gasteiger partial charge in [-0.25, -0.2) is 0 Å². The summed E-state index contributed by atoms with van der Waals surface area (Å²) in [7, 11) is 0. The van der Waals surface area contributed by atoms with E-state index in [9.17, 15) is 19.7 Å². The molecule has 9 heteroatoms. The summed E-state index contributed by atoms with van der Waals surface area (Å²) in [6.45, 7) is 1.76. The molecule has 31 heavy (non-hydrogen) atoms. The van der Waals surface area contributed by atoms with Crippen molar-refractivity contribution >= 4 is 17.4 Å². The van der Waals surface area contributed by atoms with Crippen molar-refractivity contribution in [1.82, 2.24) is 4.90 Å². The van der Waals surface area contributed by atoms with E-state index in [1.807, 2.05) is 0 Å². The van der Waals surface area contributed by atoms with Crippen molar-refractivity contribution in [1.29, 1.82) is 0 Å². The predicted octanol–water partition coefficient (Wildman–Crippen LogP) is 2.87. The first kappa shape index (κ1) is 20.6. The Kier molecular flexibility index (Phi) is 6.01. The third kappa shape index (κ3) is 4.76. The van der Waals surface area contributed by atoms with Gasteiger partial charge in [-0.3, -0.25) is 19.7 Å². The van der Waals surface area contributed by atoms with Crippen LogP contribution < -0.4 is 14.2 Å². The second-order valence-electron chi connectivity index (χ2n) is 7.42. The van der Waals surface area contributed by atoms with Crippen LogP contribution in [0.5, 0.6) is 17.2 Å². The Bertz CT molecular complexity index is 982. The Labute approximate surface area is 178 Å². The van der Waals surface area contributed by atoms with Crippen LogP contribution >= 0.6 is 0 Å². The Morgan fingerprint density at radius 1 is 1.03 bits per heavy atom. The number of benzene rings is 2. The Hall–Kier alpha value is -3.62. The molecule has 0 N–H and O–H groups in total. The van der Waals surface area contributed by atoms with E-state index in [2.05, 4.69) is 0 Å². The minimum absolute atomic E-state index is 0.0385. The third-order valence-electron chi connectivity index (χ3n) is 5.45. The van der Waals surface area contributed by atoms with E-state index in [4.69, 9.17) is 14.2 Å². The highest BCUT2D eigenvalue weighted by molar-refractivity contribution is 5.98. The number of carbonyl (C=O) groups excluding carboxylic acids is 2. The molecule has 0 unspecified atom stereocenters. The van der Waals surface area contributed by atoms with Gasteiger partial charge in [-0.1, -0.05) is 0 Å². The number of hydrogen-bond acceptors (Lipinski definition) is 7. The normalized spacial score (nSPS) is 15.9. The van der Waals surface area contributed by atoms with Crippen LogP contribution in [0, 0.1) is 16.0 Å². The number of ketones is 1. The molecule has 0 aromatic heterocycles. The predicted molar refractivity (Wildman–Crippen MR) is 110 cm³/mol. The van der Waals surface area contributed by atoms with Gasteiger partial charge in [0.25, 0.3) is 11.6 Å². The Morgan fingerprint density at radius 2 is 1.71 bits per heavy atom. The molecule has 2 heterocycles. The monoisotopic (exact) mass is 426 g/mol. The highest BCUT2D eigenvalue weighted by Crippen LogP contribution is 2.32. The lowest BCUT2D eigenvalue weighted by Gasteiger charge is -2.31. The number of carbonyl (C=O) groups is 2. The summed E-state index contributed by atoms with van der Waals surface area (Å²) in [4.78, 5) is 37.2. The zero-order valence-electron chi connectivity index (χ0n) is 16.8. The molecule has 0 radical (unpaired) electrons. The smallest absolute Gasteiger partial charge is 0.269 e. The van der Waals surface area contributed by atoms with E-state index < -0.39 is 4.92 Å². The molecule has 1 fully saturated rings. The van der Waals surface area contributed by atoms with Gasteiger partial charge in [0.15, 0.2) is 23.9 Å². The summed E-state index contributed by atoms with van der Waals surface area (Å²) in [5.74, 6) is 1.35. The lowest BCUT2D eigenvalue weighted by molar-refractivity contribution is -0.384. The number of amides is 1. The summed E-state index contributed by atoms with van der Waals surface area (Å²) in [6.07, 6.45) is 1.16. The van der Waals surface area contributed by atoms with Gasteiger partial charge in [-0.15, -0.1) is 0 Å². The van der Waals surface area contributed by atoms with Crippen molar-refractivity contribution in [3.05, 3.63) is 58.1 Å². The van der Waals surface area contributed by atoms with Crippen LogP contribution in [-0.4, -0.2) is 54.4 Å². The lowest BCUT2D eigenvalue weighted by atomic mass is 9.88. The van der Waals surface area contributed by atoms with Crippen molar-refractivity contribution in [3.63, 3.8) is 0 Å². The number of hydrogen-bond donors (Lipinski definition) is 0. The summed E-state index contributed by atoms with van der Waals surface area (Å²) in [6, 6.07) is 10.8. The number of ether oxygens (including phenoxy) is 3. The van der Waals surface area contributed by atoms with E-state index in [1.165, 1.54) is 24.3 Å². The molecule has 0 atom stereocenters. The Morgan fingerprint density at radius 3 is 2.39 bits per heavy atom. The summed E-state index contributed by atoms with van der Waals surface area (Å²) in [5, 5.41) is 10.7. The molecule has 4 rings (SSSR count). The quantitative estimate of drug-likeness (QED) is 0.397. The minimum Gasteiger partial charge on any atom is -0.486 e. The van der Waals surface area contributed by atoms with Crippen LogP contribution in [0.3, 0.4) is 0 Å². The van der Waals surface area contributed by atoms with Crippen molar-refractivity contribution in [3.8, 4) is 17.2 Å². The highest BCUT2D eigenvalue weighted by atomic mass is 16.6. The van der Waals surface area contributed by atoms with E-state index in [1.54, 1.807) is 23.1 Å². The number of nitrogens with zero attached hydrogens (tertiary/aromatic N) is 2. The van der Waals surface area contributed by atoms with Crippen LogP contribution in [0.25, 0.3) is 0 Å². The van der Waals surface area contributed by atoms with Crippen molar-refractivity contribution in [2.45, 2.75) is 12.8 Å². The number of rotatable bonds is 6. The van der Waals surface area contributed by atoms with Crippen molar-refractivity contribution in [2.75, 3.05) is 32.9 Å². The fourth-order valence-electron chi connectivity index (χ4n) is 3.72. The molecule has 162 valence electrons. The first-order chi connectivity index (χ1) is 15.0. The number of piperidine rings is 1. The maximum Gasteiger partial charge on any atom is 0.269 e. The van der Waals surface area contributed by atoms with Crippen LogP contribution in [0.2, 0.25) is 0 Å². The molecule has 2 aliphatic rings. The molecule has 0 spiro atoms. The number of nitro benzene ring substituents is 1. The molecular weight excluding hydrogens is 404 g/mol. The van der Waals surface area contributed by atoms with Crippen LogP contribution in [-0.2, 0) is 4.79 Å². The number of non-ortho nitro benzene ring substituents is 1. The average Bonchev–Trinajstić information content (AvgIpc) is 2.82. The van der Waals surface area contributed by atoms with Gasteiger partial charge >= 0.3 is 0 Å². The fraction of sp³-hybridized carbons (Fsp3) is 0.364. The number of nitro groups is 1. The van der Waals surface area contributed by atoms with Gasteiger partial charge < -0.3 is 19.1 Å². The molecule has 1 saturated heterocycles. The van der Waals surface area contributed by atoms with E-state index in [0.29, 0.717) is 62.0 Å². The first-order valence-corrected chi connectivity index (χ1v) is 10.1. The SMILES string of the molecule is O=C(c1ccc2c(c1)OCCO2)C1CCN(C(=O)COc2ccc([N+](=O)[O-])cc2)CC1. The van der Waals surface area contributed by atoms with Gasteiger partial charge in [0.05, 0.1) is 4.92 Å². The first-order valence-electron chi connectivity index (χ1n) is 10.1. The molecule has 0 aliphatic carbocycles. The molecular formula is C22H22N2O7. The zero-order chi connectivity index (χ0) is 21.8. The number of likely N-dealkylation sites (tertiary alicyclic amines) is 1. The van der Waals surface area contributed by atoms with Gasteiger partial charge in [-0.05, 0) is 43.2 Å². The lowest BCUT2D eigenvalue weighted by Crippen LogP contribution is -2.42. The molecule has 0 saturated carbocycles. The summed E-state index contributed by atoms with van der Waals surface area (Å²) >= 11 is 0. The standard InChI is InChI=1S/C22H22N2O7/c25-21(14-31-18-4-2-17(3-5-18)24(27)28)23-9-7-15(8-10-23)22(26)16-1-6-19-20(13-16)30-12-11-29-19/h1-6,13,15H,7-12,14H2. The summed E-state index contributed by atoms with van der Waals surface area (Å²) < 4.78 is 16.5. The maximum absolute atomic E-state index is 12.9. The zero-order valence-corrected chi connectivity index (χ0v) is 16.8. The molecule has 2 aromatic carbocycles. The van der Waals surface area contributed by atoms with E-state index in [-0.39, 0.29) is 29.9 Å². The highest BCUT2D eigenvalue weighted by Gasteiger charge is 2.29. The van der Waals surface area contributed by atoms with Crippen LogP contribution in [0.15, 0.2) is 42.5 Å². The largest absolute Gasteiger partial charge is 0.486 e. The van der Waals surface area contributed by atoms with E-state index in [0.717, 1.165) is 0 Å². The van der Waals surface area contributed by atoms with Crippen molar-refractivity contribution < 1.29 is 28.7 Å².